The van der Waals surface area contributed by atoms with Crippen LogP contribution in [0.2, 0.25) is 0 Å². The molecule has 2 rings (SSSR count). The molecule has 0 saturated heterocycles. The molecule has 0 unspecified atom stereocenters. The van der Waals surface area contributed by atoms with Crippen molar-refractivity contribution < 1.29 is 4.39 Å². The molecule has 0 aliphatic heterocycles. The Morgan fingerprint density at radius 2 is 1.81 bits per heavy atom. The van der Waals surface area contributed by atoms with Gasteiger partial charge in [-0.05, 0) is 30.3 Å². The number of halogens is 2. The van der Waals surface area contributed by atoms with Crippen molar-refractivity contribution in [1.29, 1.82) is 0 Å². The van der Waals surface area contributed by atoms with Crippen molar-refractivity contribution in [2.75, 3.05) is 5.32 Å². The highest BCUT2D eigenvalue weighted by Crippen LogP contribution is 2.17. The van der Waals surface area contributed by atoms with Gasteiger partial charge in [-0.1, -0.05) is 34.1 Å². The summed E-state index contributed by atoms with van der Waals surface area (Å²) < 4.78 is 14.3. The quantitative estimate of drug-likeness (QED) is 0.888. The molecule has 0 spiro atoms. The van der Waals surface area contributed by atoms with Crippen molar-refractivity contribution in [3.05, 3.63) is 64.4 Å². The molecule has 1 N–H and O–H groups in total. The highest BCUT2D eigenvalue weighted by Gasteiger charge is 2.02. The predicted molar refractivity (Wildman–Crippen MR) is 67.9 cm³/mol. The maximum absolute atomic E-state index is 13.4. The van der Waals surface area contributed by atoms with Gasteiger partial charge in [0.15, 0.2) is 0 Å². The van der Waals surface area contributed by atoms with Gasteiger partial charge < -0.3 is 5.32 Å². The van der Waals surface area contributed by atoms with Gasteiger partial charge in [0.25, 0.3) is 0 Å². The Hall–Kier alpha value is -1.35. The van der Waals surface area contributed by atoms with Gasteiger partial charge in [0.2, 0.25) is 0 Å². The zero-order valence-corrected chi connectivity index (χ0v) is 10.2. The first-order valence-electron chi connectivity index (χ1n) is 4.98. The minimum atomic E-state index is -0.188. The second-order valence-corrected chi connectivity index (χ2v) is 4.37. The summed E-state index contributed by atoms with van der Waals surface area (Å²) in [6.07, 6.45) is 0. The van der Waals surface area contributed by atoms with Gasteiger partial charge in [0.1, 0.15) is 5.82 Å². The van der Waals surface area contributed by atoms with E-state index in [0.717, 1.165) is 10.2 Å². The number of hydrogen-bond acceptors (Lipinski definition) is 1. The van der Waals surface area contributed by atoms with Crippen LogP contribution in [0.4, 0.5) is 10.1 Å². The lowest BCUT2D eigenvalue weighted by Crippen LogP contribution is -2.01. The third-order valence-electron chi connectivity index (χ3n) is 2.26. The van der Waals surface area contributed by atoms with E-state index in [1.807, 2.05) is 30.3 Å². The highest BCUT2D eigenvalue weighted by atomic mass is 79.9. The van der Waals surface area contributed by atoms with E-state index in [0.29, 0.717) is 12.1 Å². The zero-order chi connectivity index (χ0) is 11.4. The predicted octanol–water partition coefficient (Wildman–Crippen LogP) is 4.20. The fourth-order valence-electron chi connectivity index (χ4n) is 1.43. The molecule has 0 aromatic heterocycles. The van der Waals surface area contributed by atoms with Crippen molar-refractivity contribution in [1.82, 2.24) is 0 Å². The molecule has 0 aliphatic rings. The Morgan fingerprint density at radius 3 is 2.56 bits per heavy atom. The molecule has 16 heavy (non-hydrogen) atoms. The summed E-state index contributed by atoms with van der Waals surface area (Å²) in [5.74, 6) is -0.188. The summed E-state index contributed by atoms with van der Waals surface area (Å²) in [6.45, 7) is 0.481. The van der Waals surface area contributed by atoms with Crippen LogP contribution in [0.15, 0.2) is 53.0 Å². The number of benzene rings is 2. The molecule has 0 saturated carbocycles. The van der Waals surface area contributed by atoms with Crippen molar-refractivity contribution in [2.24, 2.45) is 0 Å². The van der Waals surface area contributed by atoms with Crippen LogP contribution in [-0.4, -0.2) is 0 Å². The van der Waals surface area contributed by atoms with E-state index in [1.165, 1.54) is 6.07 Å². The average Bonchev–Trinajstić information content (AvgIpc) is 2.32. The normalized spacial score (nSPS) is 10.1. The Balaban J connectivity index is 2.08. The van der Waals surface area contributed by atoms with E-state index >= 15 is 0 Å². The number of hydrogen-bond donors (Lipinski definition) is 1. The summed E-state index contributed by atoms with van der Waals surface area (Å²) in [5.41, 5.74) is 1.64. The number of anilines is 1. The van der Waals surface area contributed by atoms with Crippen LogP contribution in [0.1, 0.15) is 5.56 Å². The molecule has 0 amide bonds. The standard InChI is InChI=1S/C13H11BrFN/c14-11-6-7-13(15)10(8-11)9-16-12-4-2-1-3-5-12/h1-8,16H,9H2. The molecule has 3 heteroatoms. The van der Waals surface area contributed by atoms with Crippen LogP contribution >= 0.6 is 15.9 Å². The van der Waals surface area contributed by atoms with Crippen molar-refractivity contribution in [2.45, 2.75) is 6.54 Å². The second kappa shape index (κ2) is 5.12. The van der Waals surface area contributed by atoms with Crippen LogP contribution < -0.4 is 5.32 Å². The smallest absolute Gasteiger partial charge is 0.128 e. The van der Waals surface area contributed by atoms with E-state index in [9.17, 15) is 4.39 Å². The number of para-hydroxylation sites is 1. The molecule has 0 aliphatic carbocycles. The lowest BCUT2D eigenvalue weighted by molar-refractivity contribution is 0.612. The summed E-state index contributed by atoms with van der Waals surface area (Å²) in [5, 5.41) is 3.17. The van der Waals surface area contributed by atoms with Crippen molar-refractivity contribution in [3.8, 4) is 0 Å². The Bertz CT molecular complexity index is 471. The van der Waals surface area contributed by atoms with Crippen molar-refractivity contribution in [3.63, 3.8) is 0 Å². The molecule has 82 valence electrons. The Kier molecular flexibility index (Phi) is 3.57. The fourth-order valence-corrected chi connectivity index (χ4v) is 1.84. The molecule has 0 atom stereocenters. The Morgan fingerprint density at radius 1 is 1.06 bits per heavy atom. The van der Waals surface area contributed by atoms with E-state index < -0.39 is 0 Å². The lowest BCUT2D eigenvalue weighted by atomic mass is 10.2. The van der Waals surface area contributed by atoms with Crippen LogP contribution in [0.5, 0.6) is 0 Å². The first kappa shape index (κ1) is 11.1. The van der Waals surface area contributed by atoms with E-state index in [4.69, 9.17) is 0 Å². The first-order valence-corrected chi connectivity index (χ1v) is 5.78. The van der Waals surface area contributed by atoms with Crippen LogP contribution in [-0.2, 0) is 6.54 Å². The van der Waals surface area contributed by atoms with Gasteiger partial charge in [-0.3, -0.25) is 0 Å². The largest absolute Gasteiger partial charge is 0.381 e. The fraction of sp³-hybridized carbons (Fsp3) is 0.0769. The number of rotatable bonds is 3. The first-order chi connectivity index (χ1) is 7.75. The third kappa shape index (κ3) is 2.83. The van der Waals surface area contributed by atoms with Gasteiger partial charge in [-0.2, -0.15) is 0 Å². The maximum atomic E-state index is 13.4. The maximum Gasteiger partial charge on any atom is 0.128 e. The van der Waals surface area contributed by atoms with Gasteiger partial charge in [0, 0.05) is 22.3 Å². The van der Waals surface area contributed by atoms with Crippen LogP contribution in [0.3, 0.4) is 0 Å². The van der Waals surface area contributed by atoms with E-state index in [-0.39, 0.29) is 5.82 Å². The molecule has 0 bridgehead atoms. The van der Waals surface area contributed by atoms with Gasteiger partial charge >= 0.3 is 0 Å². The SMILES string of the molecule is Fc1ccc(Br)cc1CNc1ccccc1. The molecule has 2 aromatic carbocycles. The molecule has 0 heterocycles. The monoisotopic (exact) mass is 279 g/mol. The molecular formula is C13H11BrFN. The minimum Gasteiger partial charge on any atom is -0.381 e. The third-order valence-corrected chi connectivity index (χ3v) is 2.76. The summed E-state index contributed by atoms with van der Waals surface area (Å²) >= 11 is 3.33. The summed E-state index contributed by atoms with van der Waals surface area (Å²) in [4.78, 5) is 0. The van der Waals surface area contributed by atoms with Crippen LogP contribution in [0.25, 0.3) is 0 Å². The molecule has 0 fully saturated rings. The van der Waals surface area contributed by atoms with Crippen molar-refractivity contribution >= 4 is 21.6 Å². The number of nitrogens with one attached hydrogen (secondary N) is 1. The second-order valence-electron chi connectivity index (χ2n) is 3.46. The van der Waals surface area contributed by atoms with E-state index in [1.54, 1.807) is 12.1 Å². The van der Waals surface area contributed by atoms with Crippen LogP contribution in [0, 0.1) is 5.82 Å². The Labute approximate surface area is 102 Å². The molecule has 2 aromatic rings. The van der Waals surface area contributed by atoms with Gasteiger partial charge in [0.05, 0.1) is 0 Å². The topological polar surface area (TPSA) is 12.0 Å². The average molecular weight is 280 g/mol. The lowest BCUT2D eigenvalue weighted by Gasteiger charge is -2.07. The van der Waals surface area contributed by atoms with Gasteiger partial charge in [-0.25, -0.2) is 4.39 Å². The molecule has 0 radical (unpaired) electrons. The minimum absolute atomic E-state index is 0.188. The van der Waals surface area contributed by atoms with E-state index in [2.05, 4.69) is 21.2 Å². The summed E-state index contributed by atoms with van der Waals surface area (Å²) in [6, 6.07) is 14.7. The summed E-state index contributed by atoms with van der Waals surface area (Å²) in [7, 11) is 0. The molecule has 1 nitrogen and oxygen atoms in total. The molecular weight excluding hydrogens is 269 g/mol. The van der Waals surface area contributed by atoms with Gasteiger partial charge in [-0.15, -0.1) is 0 Å². The highest BCUT2D eigenvalue weighted by molar-refractivity contribution is 9.10. The zero-order valence-electron chi connectivity index (χ0n) is 8.58.